The third-order valence-corrected chi connectivity index (χ3v) is 6.11. The highest BCUT2D eigenvalue weighted by atomic mass is 16.6. The molecule has 2 aromatic carbocycles. The Labute approximate surface area is 198 Å². The maximum absolute atomic E-state index is 13.2. The zero-order valence-corrected chi connectivity index (χ0v) is 20.4. The van der Waals surface area contributed by atoms with E-state index in [2.05, 4.69) is 18.2 Å². The van der Waals surface area contributed by atoms with Crippen molar-refractivity contribution in [3.05, 3.63) is 48.0 Å². The molecule has 0 spiro atoms. The van der Waals surface area contributed by atoms with Gasteiger partial charge in [0.05, 0.1) is 6.42 Å². The molecule has 0 bridgehead atoms. The van der Waals surface area contributed by atoms with E-state index in [0.29, 0.717) is 32.6 Å². The van der Waals surface area contributed by atoms with Gasteiger partial charge in [0, 0.05) is 26.2 Å². The van der Waals surface area contributed by atoms with Crippen molar-refractivity contribution in [1.82, 2.24) is 9.80 Å². The van der Waals surface area contributed by atoms with Crippen LogP contribution in [0.2, 0.25) is 0 Å². The van der Waals surface area contributed by atoms with Crippen molar-refractivity contribution in [2.24, 2.45) is 11.7 Å². The lowest BCUT2D eigenvalue weighted by molar-refractivity contribution is -0.132. The lowest BCUT2D eigenvalue weighted by Gasteiger charge is -2.36. The van der Waals surface area contributed by atoms with Gasteiger partial charge in [-0.1, -0.05) is 42.5 Å². The molecule has 1 aliphatic rings. The number of carbonyl (C=O) groups is 2. The molecule has 1 atom stereocenters. The molecule has 1 unspecified atom stereocenters. The molecule has 0 aliphatic carbocycles. The zero-order valence-electron chi connectivity index (χ0n) is 20.4. The third-order valence-electron chi connectivity index (χ3n) is 6.11. The summed E-state index contributed by atoms with van der Waals surface area (Å²) >= 11 is 0. The molecule has 2 aromatic rings. The first kappa shape index (κ1) is 25.0. The maximum Gasteiger partial charge on any atom is 0.410 e. The summed E-state index contributed by atoms with van der Waals surface area (Å²) in [7, 11) is 0. The van der Waals surface area contributed by atoms with Gasteiger partial charge in [-0.25, -0.2) is 4.79 Å². The van der Waals surface area contributed by atoms with Crippen molar-refractivity contribution in [2.45, 2.75) is 58.5 Å². The molecule has 1 fully saturated rings. The molecule has 2 amide bonds. The van der Waals surface area contributed by atoms with E-state index in [4.69, 9.17) is 10.5 Å². The summed E-state index contributed by atoms with van der Waals surface area (Å²) < 4.78 is 5.64. The predicted octanol–water partition coefficient (Wildman–Crippen LogP) is 4.60. The normalized spacial score (nSPS) is 16.6. The Balaban J connectivity index is 1.63. The second-order valence-corrected chi connectivity index (χ2v) is 10.1. The molecule has 6 heteroatoms. The van der Waals surface area contributed by atoms with Gasteiger partial charge in [-0.2, -0.15) is 0 Å². The molecule has 2 N–H and O–H groups in total. The second-order valence-electron chi connectivity index (χ2n) is 10.1. The zero-order chi connectivity index (χ0) is 23.8. The number of nitrogens with zero attached hydrogens (tertiary/aromatic N) is 2. The number of benzene rings is 2. The highest BCUT2D eigenvalue weighted by molar-refractivity contribution is 5.90. The van der Waals surface area contributed by atoms with Crippen LogP contribution in [-0.4, -0.2) is 60.1 Å². The van der Waals surface area contributed by atoms with Crippen molar-refractivity contribution in [2.75, 3.05) is 32.7 Å². The highest BCUT2D eigenvalue weighted by Crippen LogP contribution is 2.23. The fourth-order valence-corrected chi connectivity index (χ4v) is 4.50. The lowest BCUT2D eigenvalue weighted by atomic mass is 9.96. The van der Waals surface area contributed by atoms with Gasteiger partial charge in [0.2, 0.25) is 5.91 Å². The van der Waals surface area contributed by atoms with Crippen LogP contribution >= 0.6 is 0 Å². The summed E-state index contributed by atoms with van der Waals surface area (Å²) in [4.78, 5) is 29.8. The Morgan fingerprint density at radius 2 is 1.88 bits per heavy atom. The number of rotatable bonds is 8. The minimum absolute atomic E-state index is 0.156. The lowest BCUT2D eigenvalue weighted by Crippen LogP contribution is -2.46. The average molecular weight is 454 g/mol. The summed E-state index contributed by atoms with van der Waals surface area (Å²) in [5.74, 6) is 0.406. The van der Waals surface area contributed by atoms with Crippen LogP contribution in [0.5, 0.6) is 0 Å². The number of nitrogens with two attached hydrogens (primary N) is 1. The van der Waals surface area contributed by atoms with Crippen molar-refractivity contribution < 1.29 is 14.3 Å². The second kappa shape index (κ2) is 11.5. The van der Waals surface area contributed by atoms with Gasteiger partial charge in [-0.05, 0) is 75.3 Å². The molecule has 0 radical (unpaired) electrons. The van der Waals surface area contributed by atoms with Gasteiger partial charge < -0.3 is 20.3 Å². The van der Waals surface area contributed by atoms with E-state index in [0.717, 1.165) is 48.6 Å². The van der Waals surface area contributed by atoms with Crippen LogP contribution in [0.25, 0.3) is 10.8 Å². The van der Waals surface area contributed by atoms with Crippen LogP contribution in [0.15, 0.2) is 42.5 Å². The monoisotopic (exact) mass is 453 g/mol. The molecule has 0 saturated carbocycles. The van der Waals surface area contributed by atoms with Crippen LogP contribution < -0.4 is 5.73 Å². The van der Waals surface area contributed by atoms with Crippen molar-refractivity contribution >= 4 is 22.8 Å². The Hall–Kier alpha value is -2.60. The number of unbranched alkanes of at least 4 members (excludes halogenated alkanes) is 1. The first-order valence-corrected chi connectivity index (χ1v) is 12.2. The fourth-order valence-electron chi connectivity index (χ4n) is 4.50. The van der Waals surface area contributed by atoms with Gasteiger partial charge in [-0.15, -0.1) is 0 Å². The number of hydrogen-bond donors (Lipinski definition) is 1. The number of amides is 2. The standard InChI is InChI=1S/C27H39N3O3/c1-27(2,3)33-26(32)30(16-7-6-15-28)20-21-10-9-17-29(19-21)25(31)18-23-13-8-12-22-11-4-5-14-24(22)23/h4-5,8,11-14,21H,6-7,9-10,15-20,28H2,1-3H3. The average Bonchev–Trinajstić information content (AvgIpc) is 2.78. The van der Waals surface area contributed by atoms with E-state index in [-0.39, 0.29) is 17.9 Å². The number of carbonyl (C=O) groups excluding carboxylic acids is 2. The molecule has 1 heterocycles. The number of piperidine rings is 1. The van der Waals surface area contributed by atoms with Crippen molar-refractivity contribution in [3.8, 4) is 0 Å². The van der Waals surface area contributed by atoms with E-state index < -0.39 is 5.60 Å². The maximum atomic E-state index is 13.2. The minimum atomic E-state index is -0.532. The topological polar surface area (TPSA) is 75.9 Å². The molecular weight excluding hydrogens is 414 g/mol. The fraction of sp³-hybridized carbons (Fsp3) is 0.556. The molecule has 3 rings (SSSR count). The Bertz CT molecular complexity index is 932. The van der Waals surface area contributed by atoms with E-state index in [1.54, 1.807) is 0 Å². The van der Waals surface area contributed by atoms with E-state index in [9.17, 15) is 9.59 Å². The molecule has 1 aliphatic heterocycles. The Morgan fingerprint density at radius 3 is 2.64 bits per heavy atom. The number of fused-ring (bicyclic) bond motifs is 1. The molecule has 0 aromatic heterocycles. The van der Waals surface area contributed by atoms with Gasteiger partial charge >= 0.3 is 6.09 Å². The van der Waals surface area contributed by atoms with Gasteiger partial charge in [0.15, 0.2) is 0 Å². The van der Waals surface area contributed by atoms with Gasteiger partial charge in [-0.3, -0.25) is 4.79 Å². The Morgan fingerprint density at radius 1 is 1.12 bits per heavy atom. The summed E-state index contributed by atoms with van der Waals surface area (Å²) in [6.07, 6.45) is 3.82. The van der Waals surface area contributed by atoms with Crippen molar-refractivity contribution in [1.29, 1.82) is 0 Å². The summed E-state index contributed by atoms with van der Waals surface area (Å²) in [5, 5.41) is 2.29. The first-order chi connectivity index (χ1) is 15.8. The smallest absolute Gasteiger partial charge is 0.410 e. The number of ether oxygens (including phenoxy) is 1. The van der Waals surface area contributed by atoms with Crippen LogP contribution in [0.4, 0.5) is 4.79 Å². The number of hydrogen-bond acceptors (Lipinski definition) is 4. The third kappa shape index (κ3) is 7.46. The van der Waals surface area contributed by atoms with Crippen LogP contribution in [0.3, 0.4) is 0 Å². The SMILES string of the molecule is CC(C)(C)OC(=O)N(CCCCN)CC1CCCN(C(=O)Cc2cccc3ccccc23)C1. The summed E-state index contributed by atoms with van der Waals surface area (Å²) in [5.41, 5.74) is 6.18. The van der Waals surface area contributed by atoms with Crippen molar-refractivity contribution in [3.63, 3.8) is 0 Å². The van der Waals surface area contributed by atoms with E-state index in [1.165, 1.54) is 0 Å². The number of likely N-dealkylation sites (tertiary alicyclic amines) is 1. The summed E-state index contributed by atoms with van der Waals surface area (Å²) in [6.45, 7) is 8.97. The van der Waals surface area contributed by atoms with Gasteiger partial charge in [0.25, 0.3) is 0 Å². The summed E-state index contributed by atoms with van der Waals surface area (Å²) in [6, 6.07) is 14.3. The quantitative estimate of drug-likeness (QED) is 0.593. The van der Waals surface area contributed by atoms with E-state index in [1.807, 2.05) is 54.8 Å². The molecule has 180 valence electrons. The Kier molecular flexibility index (Phi) is 8.73. The predicted molar refractivity (Wildman–Crippen MR) is 133 cm³/mol. The largest absolute Gasteiger partial charge is 0.444 e. The molecule has 33 heavy (non-hydrogen) atoms. The molecular formula is C27H39N3O3. The van der Waals surface area contributed by atoms with Crippen LogP contribution in [0, 0.1) is 5.92 Å². The highest BCUT2D eigenvalue weighted by Gasteiger charge is 2.29. The minimum Gasteiger partial charge on any atom is -0.444 e. The van der Waals surface area contributed by atoms with Gasteiger partial charge in [0.1, 0.15) is 5.60 Å². The first-order valence-electron chi connectivity index (χ1n) is 12.2. The van der Waals surface area contributed by atoms with E-state index >= 15 is 0 Å². The van der Waals surface area contributed by atoms with Crippen LogP contribution in [-0.2, 0) is 16.0 Å². The molecule has 1 saturated heterocycles. The molecule has 6 nitrogen and oxygen atoms in total. The van der Waals surface area contributed by atoms with Crippen LogP contribution in [0.1, 0.15) is 52.0 Å².